The van der Waals surface area contributed by atoms with Crippen LogP contribution in [0.2, 0.25) is 15.3 Å². The molecule has 100 valence electrons. The number of benzene rings is 2. The molecule has 0 aliphatic heterocycles. The van der Waals surface area contributed by atoms with Crippen LogP contribution >= 0.6 is 34.8 Å². The molecule has 0 unspecified atom stereocenters. The van der Waals surface area contributed by atoms with Crippen LogP contribution in [0.1, 0.15) is 0 Å². The third-order valence-corrected chi connectivity index (χ3v) is 3.45. The smallest absolute Gasteiger partial charge is 0.203 e. The summed E-state index contributed by atoms with van der Waals surface area (Å²) in [6.07, 6.45) is 0. The fourth-order valence-corrected chi connectivity index (χ4v) is 2.32. The Morgan fingerprint density at radius 2 is 1.60 bits per heavy atom. The Morgan fingerprint density at radius 1 is 0.850 bits per heavy atom. The van der Waals surface area contributed by atoms with E-state index in [1.165, 1.54) is 0 Å². The second kappa shape index (κ2) is 5.44. The summed E-state index contributed by atoms with van der Waals surface area (Å²) < 4.78 is 1.55. The topological polar surface area (TPSA) is 30.7 Å². The van der Waals surface area contributed by atoms with Crippen molar-refractivity contribution in [3.05, 3.63) is 63.9 Å². The molecule has 6 heteroatoms. The van der Waals surface area contributed by atoms with E-state index in [1.807, 2.05) is 24.3 Å². The normalized spacial score (nSPS) is 10.8. The van der Waals surface area contributed by atoms with Gasteiger partial charge in [-0.1, -0.05) is 35.3 Å². The molecular formula is C14H8Cl3N3. The lowest BCUT2D eigenvalue weighted by atomic mass is 10.2. The lowest BCUT2D eigenvalue weighted by molar-refractivity contribution is 0.883. The second-order valence-corrected chi connectivity index (χ2v) is 5.31. The van der Waals surface area contributed by atoms with Gasteiger partial charge < -0.3 is 0 Å². The van der Waals surface area contributed by atoms with Gasteiger partial charge in [0.15, 0.2) is 5.82 Å². The van der Waals surface area contributed by atoms with Gasteiger partial charge in [-0.2, -0.15) is 4.98 Å². The maximum Gasteiger partial charge on any atom is 0.226 e. The van der Waals surface area contributed by atoms with E-state index < -0.39 is 0 Å². The van der Waals surface area contributed by atoms with Crippen molar-refractivity contribution in [3.63, 3.8) is 0 Å². The third kappa shape index (κ3) is 2.66. The SMILES string of the molecule is Clc1ccc(-n2nc(-c3cccc(Cl)c3)nc2Cl)cc1. The summed E-state index contributed by atoms with van der Waals surface area (Å²) in [7, 11) is 0. The molecule has 1 aromatic heterocycles. The van der Waals surface area contributed by atoms with Crippen LogP contribution in [0, 0.1) is 0 Å². The first kappa shape index (κ1) is 13.4. The Bertz CT molecular complexity index is 751. The Labute approximate surface area is 130 Å². The van der Waals surface area contributed by atoms with E-state index in [0.29, 0.717) is 15.9 Å². The van der Waals surface area contributed by atoms with Crippen LogP contribution in [0.15, 0.2) is 48.5 Å². The van der Waals surface area contributed by atoms with E-state index in [0.717, 1.165) is 11.3 Å². The molecule has 0 amide bonds. The van der Waals surface area contributed by atoms with Crippen molar-refractivity contribution in [1.82, 2.24) is 14.8 Å². The number of nitrogens with zero attached hydrogens (tertiary/aromatic N) is 3. The van der Waals surface area contributed by atoms with Crippen molar-refractivity contribution >= 4 is 34.8 Å². The Balaban J connectivity index is 2.05. The molecule has 3 nitrogen and oxygen atoms in total. The molecule has 0 atom stereocenters. The molecule has 0 saturated carbocycles. The van der Waals surface area contributed by atoms with Crippen molar-refractivity contribution < 1.29 is 0 Å². The van der Waals surface area contributed by atoms with Crippen LogP contribution in [0.3, 0.4) is 0 Å². The number of hydrogen-bond acceptors (Lipinski definition) is 2. The van der Waals surface area contributed by atoms with Crippen LogP contribution in [0.5, 0.6) is 0 Å². The van der Waals surface area contributed by atoms with Crippen molar-refractivity contribution in [2.75, 3.05) is 0 Å². The number of halogens is 3. The average molecular weight is 325 g/mol. The summed E-state index contributed by atoms with van der Waals surface area (Å²) in [5, 5.41) is 5.95. The highest BCUT2D eigenvalue weighted by Gasteiger charge is 2.11. The highest BCUT2D eigenvalue weighted by atomic mass is 35.5. The van der Waals surface area contributed by atoms with E-state index in [1.54, 1.807) is 28.9 Å². The maximum absolute atomic E-state index is 6.13. The standard InChI is InChI=1S/C14H8Cl3N3/c15-10-4-6-12(7-5-10)20-14(17)18-13(19-20)9-2-1-3-11(16)8-9/h1-8H. The number of rotatable bonds is 2. The molecular weight excluding hydrogens is 317 g/mol. The molecule has 3 rings (SSSR count). The van der Waals surface area contributed by atoms with Crippen LogP contribution in [0.4, 0.5) is 0 Å². The summed E-state index contributed by atoms with van der Waals surface area (Å²) in [5.41, 5.74) is 1.60. The van der Waals surface area contributed by atoms with Gasteiger partial charge in [0, 0.05) is 15.6 Å². The Hall–Kier alpha value is -1.55. The van der Waals surface area contributed by atoms with Gasteiger partial charge in [0.1, 0.15) is 0 Å². The highest BCUT2D eigenvalue weighted by Crippen LogP contribution is 2.23. The van der Waals surface area contributed by atoms with E-state index in [-0.39, 0.29) is 5.28 Å². The second-order valence-electron chi connectivity index (χ2n) is 4.10. The van der Waals surface area contributed by atoms with Crippen LogP contribution in [-0.2, 0) is 0 Å². The first-order valence-electron chi connectivity index (χ1n) is 5.78. The molecule has 0 bridgehead atoms. The van der Waals surface area contributed by atoms with Crippen LogP contribution in [0.25, 0.3) is 17.1 Å². The fourth-order valence-electron chi connectivity index (χ4n) is 1.79. The summed E-state index contributed by atoms with van der Waals surface area (Å²) in [4.78, 5) is 4.25. The summed E-state index contributed by atoms with van der Waals surface area (Å²) in [6.45, 7) is 0. The molecule has 0 aliphatic carbocycles. The Morgan fingerprint density at radius 3 is 2.30 bits per heavy atom. The van der Waals surface area contributed by atoms with Crippen LogP contribution in [-0.4, -0.2) is 14.8 Å². The lowest BCUT2D eigenvalue weighted by Crippen LogP contribution is -1.96. The zero-order valence-corrected chi connectivity index (χ0v) is 12.4. The van der Waals surface area contributed by atoms with E-state index >= 15 is 0 Å². The largest absolute Gasteiger partial charge is 0.226 e. The molecule has 0 spiro atoms. The predicted molar refractivity (Wildman–Crippen MR) is 81.8 cm³/mol. The van der Waals surface area contributed by atoms with Gasteiger partial charge in [0.25, 0.3) is 0 Å². The van der Waals surface area contributed by atoms with Gasteiger partial charge in [0.05, 0.1) is 5.69 Å². The minimum absolute atomic E-state index is 0.280. The van der Waals surface area contributed by atoms with E-state index in [2.05, 4.69) is 10.1 Å². The quantitative estimate of drug-likeness (QED) is 0.671. The molecule has 0 radical (unpaired) electrons. The van der Waals surface area contributed by atoms with Crippen molar-refractivity contribution in [3.8, 4) is 17.1 Å². The third-order valence-electron chi connectivity index (χ3n) is 2.72. The minimum Gasteiger partial charge on any atom is -0.203 e. The molecule has 2 aromatic carbocycles. The molecule has 1 heterocycles. The zero-order chi connectivity index (χ0) is 14.1. The Kier molecular flexibility index (Phi) is 3.66. The zero-order valence-electron chi connectivity index (χ0n) is 10.1. The van der Waals surface area contributed by atoms with E-state index in [4.69, 9.17) is 34.8 Å². The maximum atomic E-state index is 6.13. The van der Waals surface area contributed by atoms with Crippen molar-refractivity contribution in [1.29, 1.82) is 0 Å². The minimum atomic E-state index is 0.280. The molecule has 0 saturated heterocycles. The van der Waals surface area contributed by atoms with Gasteiger partial charge in [-0.3, -0.25) is 0 Å². The fraction of sp³-hybridized carbons (Fsp3) is 0. The average Bonchev–Trinajstić information content (AvgIpc) is 2.82. The van der Waals surface area contributed by atoms with Gasteiger partial charge >= 0.3 is 0 Å². The van der Waals surface area contributed by atoms with Crippen LogP contribution < -0.4 is 0 Å². The molecule has 3 aromatic rings. The first-order valence-corrected chi connectivity index (χ1v) is 6.91. The lowest BCUT2D eigenvalue weighted by Gasteiger charge is -2.01. The summed E-state index contributed by atoms with van der Waals surface area (Å²) >= 11 is 18.0. The molecule has 20 heavy (non-hydrogen) atoms. The summed E-state index contributed by atoms with van der Waals surface area (Å²) in [6, 6.07) is 14.5. The summed E-state index contributed by atoms with van der Waals surface area (Å²) in [5.74, 6) is 0.521. The number of aromatic nitrogens is 3. The van der Waals surface area contributed by atoms with E-state index in [9.17, 15) is 0 Å². The molecule has 0 N–H and O–H groups in total. The van der Waals surface area contributed by atoms with Gasteiger partial charge in [-0.25, -0.2) is 4.68 Å². The van der Waals surface area contributed by atoms with Crippen molar-refractivity contribution in [2.45, 2.75) is 0 Å². The van der Waals surface area contributed by atoms with Crippen molar-refractivity contribution in [2.24, 2.45) is 0 Å². The highest BCUT2D eigenvalue weighted by molar-refractivity contribution is 6.31. The number of hydrogen-bond donors (Lipinski definition) is 0. The first-order chi connectivity index (χ1) is 9.63. The van der Waals surface area contributed by atoms with Gasteiger partial charge in [-0.05, 0) is 48.0 Å². The molecule has 0 fully saturated rings. The van der Waals surface area contributed by atoms with Gasteiger partial charge in [0.2, 0.25) is 5.28 Å². The monoisotopic (exact) mass is 323 g/mol. The predicted octanol–water partition coefficient (Wildman–Crippen LogP) is 4.89. The van der Waals surface area contributed by atoms with Gasteiger partial charge in [-0.15, -0.1) is 5.10 Å². The molecule has 0 aliphatic rings.